The van der Waals surface area contributed by atoms with Gasteiger partial charge in [-0.1, -0.05) is 0 Å². The van der Waals surface area contributed by atoms with Crippen LogP contribution in [0.25, 0.3) is 0 Å². The normalized spacial score (nSPS) is 0.444. The quantitative estimate of drug-likeness (QED) is 0.409. The molecule has 67 valence electrons. The zero-order valence-electron chi connectivity index (χ0n) is 4.38. The zero-order chi connectivity index (χ0) is 2.00. The Labute approximate surface area is 81.3 Å². The molecule has 0 heterocycles. The van der Waals surface area contributed by atoms with Gasteiger partial charge in [0.1, 0.15) is 0 Å². The van der Waals surface area contributed by atoms with Gasteiger partial charge in [0.25, 0.3) is 0 Å². The van der Waals surface area contributed by atoms with Crippen molar-refractivity contribution in [3.63, 3.8) is 0 Å². The molecular weight excluding hydrogens is 288 g/mol. The Kier molecular flexibility index (Phi) is 6130. The first-order valence-electron chi connectivity index (χ1n) is 0.189. The van der Waals surface area contributed by atoms with E-state index in [0.717, 1.165) is 38.1 Å². The van der Waals surface area contributed by atoms with Crippen LogP contribution in [0.3, 0.4) is 0 Å². The Balaban J connectivity index is -0.000000000238. The summed E-state index contributed by atoms with van der Waals surface area (Å²) in [6, 6.07) is 0. The average Bonchev–Trinajstić information content (AvgIpc) is 1.00. The van der Waals surface area contributed by atoms with Crippen molar-refractivity contribution in [2.45, 2.75) is 0 Å². The van der Waals surface area contributed by atoms with E-state index in [2.05, 4.69) is 0 Å². The molecule has 0 saturated heterocycles. The van der Waals surface area contributed by atoms with Crippen LogP contribution in [0, 0.1) is 38.1 Å². The molecule has 0 aliphatic rings. The molecule has 0 bridgehead atoms. The maximum atomic E-state index is 4.78. The van der Waals surface area contributed by atoms with Crippen molar-refractivity contribution >= 4 is 5.63 Å². The molecule has 0 saturated carbocycles. The van der Waals surface area contributed by atoms with E-state index in [-0.39, 0.29) is 38.3 Å². The van der Waals surface area contributed by atoms with E-state index in [0.29, 0.717) is 0 Å². The van der Waals surface area contributed by atoms with E-state index in [4.69, 9.17) is 5.63 Å². The number of rotatable bonds is 0. The molecule has 9 heteroatoms. The molecule has 0 aromatic heterocycles. The van der Waals surface area contributed by atoms with Crippen LogP contribution in [0.4, 0.5) is 0 Å². The Morgan fingerprint density at radius 3 is 0.444 bits per heavy atom. The summed E-state index contributed by atoms with van der Waals surface area (Å²) in [5.41, 5.74) is 4.78. The van der Waals surface area contributed by atoms with Gasteiger partial charge in [0.05, 0.1) is 0 Å². The molecule has 0 fully saturated rings. The summed E-state index contributed by atoms with van der Waals surface area (Å²) >= 11 is 0.778. The second kappa shape index (κ2) is 343. The van der Waals surface area contributed by atoms with Crippen molar-refractivity contribution in [3.8, 4) is 0 Å². The monoisotopic (exact) mass is 301 g/mol. The van der Waals surface area contributed by atoms with Gasteiger partial charge in [0.2, 0.25) is 0 Å². The van der Waals surface area contributed by atoms with Gasteiger partial charge < -0.3 is 38.3 Å². The van der Waals surface area contributed by atoms with Gasteiger partial charge in [-0.05, 0) is 0 Å². The van der Waals surface area contributed by atoms with Gasteiger partial charge in [0.15, 0.2) is 0 Å². The molecule has 0 aliphatic heterocycles. The van der Waals surface area contributed by atoms with E-state index in [1.54, 1.807) is 0 Å². The summed E-state index contributed by atoms with van der Waals surface area (Å²) in [7, 11) is 0. The van der Waals surface area contributed by atoms with E-state index in [9.17, 15) is 0 Å². The Morgan fingerprint density at radius 1 is 0.444 bits per heavy atom. The van der Waals surface area contributed by atoms with Crippen LogP contribution in [0.2, 0.25) is 0 Å². The number of halogens is 1. The second-order valence-electron chi connectivity index (χ2n) is 0. The fourth-order valence-corrected chi connectivity index (χ4v) is 0. The third kappa shape index (κ3) is 266. The molecule has 0 aromatic carbocycles. The summed E-state index contributed by atoms with van der Waals surface area (Å²) in [5, 5.41) is 0. The van der Waals surface area contributed by atoms with Crippen LogP contribution in [0.1, 0.15) is 0 Å². The standard InChI is InChI=1S/Ce.ClH.7H2O/h;1H;7*1H2/q+1;;;;;;;;/p-1. The summed E-state index contributed by atoms with van der Waals surface area (Å²) in [5.74, 6) is 0. The fourth-order valence-electron chi connectivity index (χ4n) is 0. The predicted molar refractivity (Wildman–Crippen MR) is 31.1 cm³/mol. The van der Waals surface area contributed by atoms with Gasteiger partial charge in [-0.25, -0.2) is 0 Å². The molecule has 9 heavy (non-hydrogen) atoms. The van der Waals surface area contributed by atoms with Crippen LogP contribution in [-0.4, -0.2) is 38.3 Å². The average molecular weight is 302 g/mol. The van der Waals surface area contributed by atoms with Crippen molar-refractivity contribution in [2.24, 2.45) is 0 Å². The third-order valence-corrected chi connectivity index (χ3v) is 0. The molecule has 0 radical (unpaired) electrons. The van der Waals surface area contributed by atoms with Crippen LogP contribution in [-0.2, 0) is 0 Å². The molecule has 0 aliphatic carbocycles. The second-order valence-corrected chi connectivity index (χ2v) is 0. The van der Waals surface area contributed by atoms with E-state index in [1.165, 1.54) is 0 Å². The summed E-state index contributed by atoms with van der Waals surface area (Å²) in [4.78, 5) is 0. The van der Waals surface area contributed by atoms with Crippen molar-refractivity contribution in [3.05, 3.63) is 0 Å². The van der Waals surface area contributed by atoms with Gasteiger partial charge in [0, 0.05) is 0 Å². The van der Waals surface area contributed by atoms with E-state index >= 15 is 0 Å². The molecule has 0 atom stereocenters. The van der Waals surface area contributed by atoms with E-state index in [1.807, 2.05) is 0 Å². The van der Waals surface area contributed by atoms with E-state index < -0.39 is 0 Å². The molecule has 0 rings (SSSR count). The van der Waals surface area contributed by atoms with Gasteiger partial charge in [-0.2, -0.15) is 0 Å². The van der Waals surface area contributed by atoms with Crippen molar-refractivity contribution < 1.29 is 76.4 Å². The zero-order valence-corrected chi connectivity index (χ0v) is 8.27. The van der Waals surface area contributed by atoms with Crippen LogP contribution in [0.15, 0.2) is 0 Å². The van der Waals surface area contributed by atoms with Gasteiger partial charge >= 0.3 is 43.7 Å². The summed E-state index contributed by atoms with van der Waals surface area (Å²) < 4.78 is 0. The van der Waals surface area contributed by atoms with Crippen LogP contribution < -0.4 is 0 Å². The molecule has 14 N–H and O–H groups in total. The molecule has 0 unspecified atom stereocenters. The molecule has 0 amide bonds. The van der Waals surface area contributed by atoms with Gasteiger partial charge in [-0.3, -0.25) is 0 Å². The third-order valence-electron chi connectivity index (χ3n) is 0. The van der Waals surface area contributed by atoms with Crippen LogP contribution >= 0.6 is 5.63 Å². The topological polar surface area (TPSA) is 220 Å². The minimum atomic E-state index is 0. The van der Waals surface area contributed by atoms with Crippen LogP contribution in [0.5, 0.6) is 0 Å². The van der Waals surface area contributed by atoms with Crippen molar-refractivity contribution in [1.82, 2.24) is 0 Å². The molecule has 0 spiro atoms. The van der Waals surface area contributed by atoms with Crippen molar-refractivity contribution in [2.75, 3.05) is 0 Å². The molecular formula is H14CeClO7. The maximum absolute atomic E-state index is 4.78. The number of hydrogen-bond acceptors (Lipinski definition) is 0. The van der Waals surface area contributed by atoms with Gasteiger partial charge in [-0.15, -0.1) is 0 Å². The summed E-state index contributed by atoms with van der Waals surface area (Å²) in [6.07, 6.45) is 0. The SMILES string of the molecule is O.O.O.O.O.O.O.[Cl][Ce]. The molecule has 0 aromatic rings. The van der Waals surface area contributed by atoms with Crippen molar-refractivity contribution in [1.29, 1.82) is 0 Å². The number of hydrogen-bond donors (Lipinski definition) is 0. The Morgan fingerprint density at radius 2 is 0.444 bits per heavy atom. The predicted octanol–water partition coefficient (Wildman–Crippen LogP) is -5.08. The Hall–Kier alpha value is 1.39. The minimum absolute atomic E-state index is 0. The first kappa shape index (κ1) is 161. The molecule has 7 nitrogen and oxygen atoms in total. The summed E-state index contributed by atoms with van der Waals surface area (Å²) in [6.45, 7) is 0. The fraction of sp³-hybridized carbons (Fsp3) is 0. The Bertz CT molecular complexity index is 8.88. The first-order valence-corrected chi connectivity index (χ1v) is 4.13. The first-order chi connectivity index (χ1) is 1.00.